The van der Waals surface area contributed by atoms with Crippen molar-refractivity contribution >= 4 is 34.9 Å². The maximum absolute atomic E-state index is 11.9. The minimum atomic E-state index is -0.148. The molecule has 3 N–H and O–H groups in total. The Morgan fingerprint density at radius 3 is 2.78 bits per heavy atom. The molecule has 1 aliphatic carbocycles. The number of nitrogens with two attached hydrogens (primary N) is 1. The van der Waals surface area contributed by atoms with Gasteiger partial charge < -0.3 is 11.1 Å². The minimum absolute atomic E-state index is 0.148. The Morgan fingerprint density at radius 1 is 1.61 bits per heavy atom. The fourth-order valence-corrected chi connectivity index (χ4v) is 2.45. The van der Waals surface area contributed by atoms with Gasteiger partial charge >= 0.3 is 0 Å². The molecule has 6 heteroatoms. The van der Waals surface area contributed by atoms with Crippen LogP contribution in [0.3, 0.4) is 0 Å². The van der Waals surface area contributed by atoms with Crippen molar-refractivity contribution in [1.29, 1.82) is 0 Å². The van der Waals surface area contributed by atoms with Gasteiger partial charge in [-0.15, -0.1) is 0 Å². The van der Waals surface area contributed by atoms with Crippen LogP contribution < -0.4 is 11.1 Å². The molecule has 0 unspecified atom stereocenters. The summed E-state index contributed by atoms with van der Waals surface area (Å²) in [5.74, 6) is -0.148. The van der Waals surface area contributed by atoms with Crippen molar-refractivity contribution in [1.82, 2.24) is 10.3 Å². The van der Waals surface area contributed by atoms with Crippen LogP contribution in [0.2, 0.25) is 0 Å². The summed E-state index contributed by atoms with van der Waals surface area (Å²) in [5, 5.41) is 2.91. The maximum atomic E-state index is 11.9. The van der Waals surface area contributed by atoms with Gasteiger partial charge in [-0.05, 0) is 31.2 Å². The molecule has 0 saturated heterocycles. The van der Waals surface area contributed by atoms with Gasteiger partial charge in [0.15, 0.2) is 0 Å². The first kappa shape index (κ1) is 13.3. The summed E-state index contributed by atoms with van der Waals surface area (Å²) in [5.41, 5.74) is 6.54. The average Bonchev–Trinajstić information content (AvgIpc) is 3.17. The van der Waals surface area contributed by atoms with Crippen LogP contribution in [0.1, 0.15) is 28.9 Å². The summed E-state index contributed by atoms with van der Waals surface area (Å²) >= 11 is 6.64. The van der Waals surface area contributed by atoms with Crippen LogP contribution in [0.4, 0.5) is 0 Å². The molecule has 0 radical (unpaired) electrons. The zero-order chi connectivity index (χ0) is 13.2. The molecule has 4 nitrogen and oxygen atoms in total. The molecule has 1 aliphatic rings. The van der Waals surface area contributed by atoms with Gasteiger partial charge in [0.25, 0.3) is 5.91 Å². The zero-order valence-electron chi connectivity index (χ0n) is 10.1. The highest BCUT2D eigenvalue weighted by molar-refractivity contribution is 8.00. The van der Waals surface area contributed by atoms with Crippen molar-refractivity contribution in [3.05, 3.63) is 29.6 Å². The number of carbonyl (C=O) groups excluding carboxylic acids is 1. The SMILES string of the molecule is CSC1(CNC(=O)c2ccc(C(N)=S)cn2)CC1. The molecule has 1 heterocycles. The first-order valence-corrected chi connectivity index (χ1v) is 7.29. The molecule has 1 saturated carbocycles. The van der Waals surface area contributed by atoms with Crippen LogP contribution in [0.15, 0.2) is 18.3 Å². The van der Waals surface area contributed by atoms with Gasteiger partial charge in [0, 0.05) is 23.1 Å². The number of hydrogen-bond acceptors (Lipinski definition) is 4. The third-order valence-electron chi connectivity index (χ3n) is 3.09. The highest BCUT2D eigenvalue weighted by atomic mass is 32.2. The van der Waals surface area contributed by atoms with E-state index in [9.17, 15) is 4.79 Å². The van der Waals surface area contributed by atoms with E-state index in [0.717, 1.165) is 0 Å². The van der Waals surface area contributed by atoms with Crippen molar-refractivity contribution in [3.63, 3.8) is 0 Å². The Hall–Kier alpha value is -1.14. The Kier molecular flexibility index (Phi) is 3.87. The molecule has 0 atom stereocenters. The molecule has 96 valence electrons. The van der Waals surface area contributed by atoms with Crippen LogP contribution in [-0.2, 0) is 0 Å². The lowest BCUT2D eigenvalue weighted by atomic mass is 10.2. The summed E-state index contributed by atoms with van der Waals surface area (Å²) in [6, 6.07) is 3.36. The topological polar surface area (TPSA) is 68.0 Å². The summed E-state index contributed by atoms with van der Waals surface area (Å²) in [6.07, 6.45) is 5.94. The van der Waals surface area contributed by atoms with E-state index >= 15 is 0 Å². The lowest BCUT2D eigenvalue weighted by Gasteiger charge is -2.12. The van der Waals surface area contributed by atoms with Crippen molar-refractivity contribution in [3.8, 4) is 0 Å². The molecule has 0 bridgehead atoms. The van der Waals surface area contributed by atoms with Crippen molar-refractivity contribution in [2.45, 2.75) is 17.6 Å². The average molecular weight is 281 g/mol. The maximum Gasteiger partial charge on any atom is 0.269 e. The van der Waals surface area contributed by atoms with E-state index in [0.29, 0.717) is 17.8 Å². The Labute approximate surface area is 116 Å². The van der Waals surface area contributed by atoms with Gasteiger partial charge in [-0.1, -0.05) is 12.2 Å². The van der Waals surface area contributed by atoms with Crippen LogP contribution >= 0.6 is 24.0 Å². The van der Waals surface area contributed by atoms with Gasteiger partial charge in [0.1, 0.15) is 10.7 Å². The Morgan fingerprint density at radius 2 is 2.33 bits per heavy atom. The van der Waals surface area contributed by atoms with Crippen LogP contribution in [0.5, 0.6) is 0 Å². The Balaban J connectivity index is 1.94. The van der Waals surface area contributed by atoms with E-state index in [1.807, 2.05) is 11.8 Å². The van der Waals surface area contributed by atoms with Gasteiger partial charge in [0.05, 0.1) is 0 Å². The molecule has 2 rings (SSSR count). The highest BCUT2D eigenvalue weighted by Gasteiger charge is 2.41. The van der Waals surface area contributed by atoms with Crippen molar-refractivity contribution in [2.75, 3.05) is 12.8 Å². The number of rotatable bonds is 5. The van der Waals surface area contributed by atoms with E-state index in [2.05, 4.69) is 16.6 Å². The second kappa shape index (κ2) is 5.24. The summed E-state index contributed by atoms with van der Waals surface area (Å²) < 4.78 is 0.258. The van der Waals surface area contributed by atoms with Gasteiger partial charge in [-0.25, -0.2) is 0 Å². The van der Waals surface area contributed by atoms with Gasteiger partial charge in [0.2, 0.25) is 0 Å². The predicted molar refractivity (Wildman–Crippen MR) is 77.9 cm³/mol. The number of aromatic nitrogens is 1. The fraction of sp³-hybridized carbons (Fsp3) is 0.417. The number of thioether (sulfide) groups is 1. The number of pyridine rings is 1. The van der Waals surface area contributed by atoms with Crippen molar-refractivity contribution < 1.29 is 4.79 Å². The Bertz CT molecular complexity index is 469. The summed E-state index contributed by atoms with van der Waals surface area (Å²) in [7, 11) is 0. The third-order valence-corrected chi connectivity index (χ3v) is 4.75. The second-order valence-corrected chi connectivity index (χ2v) is 6.08. The summed E-state index contributed by atoms with van der Waals surface area (Å²) in [6.45, 7) is 0.700. The summed E-state index contributed by atoms with van der Waals surface area (Å²) in [4.78, 5) is 16.2. The molecule has 0 spiro atoms. The largest absolute Gasteiger partial charge is 0.389 e. The number of amides is 1. The first-order valence-electron chi connectivity index (χ1n) is 5.65. The van der Waals surface area contributed by atoms with Gasteiger partial charge in [-0.2, -0.15) is 11.8 Å². The number of hydrogen-bond donors (Lipinski definition) is 2. The normalized spacial score (nSPS) is 16.1. The van der Waals surface area contributed by atoms with Crippen LogP contribution in [0.25, 0.3) is 0 Å². The molecule has 1 aromatic heterocycles. The van der Waals surface area contributed by atoms with Crippen molar-refractivity contribution in [2.24, 2.45) is 5.73 Å². The third kappa shape index (κ3) is 3.00. The van der Waals surface area contributed by atoms with Crippen LogP contribution in [-0.4, -0.2) is 33.4 Å². The lowest BCUT2D eigenvalue weighted by Crippen LogP contribution is -2.32. The van der Waals surface area contributed by atoms with E-state index in [4.69, 9.17) is 18.0 Å². The molecule has 1 aromatic rings. The minimum Gasteiger partial charge on any atom is -0.389 e. The zero-order valence-corrected chi connectivity index (χ0v) is 11.7. The number of thiocarbonyl (C=S) groups is 1. The molecule has 0 aromatic carbocycles. The number of carbonyl (C=O) groups is 1. The van der Waals surface area contributed by atoms with Crippen LogP contribution in [0, 0.1) is 0 Å². The predicted octanol–water partition coefficient (Wildman–Crippen LogP) is 1.34. The molecule has 18 heavy (non-hydrogen) atoms. The molecule has 1 fully saturated rings. The lowest BCUT2D eigenvalue weighted by molar-refractivity contribution is 0.0948. The fourth-order valence-electron chi connectivity index (χ4n) is 1.60. The molecular weight excluding hydrogens is 266 g/mol. The smallest absolute Gasteiger partial charge is 0.269 e. The molecular formula is C12H15N3OS2. The molecule has 0 aliphatic heterocycles. The number of nitrogens with zero attached hydrogens (tertiary/aromatic N) is 1. The quantitative estimate of drug-likeness (QED) is 0.797. The van der Waals surface area contributed by atoms with E-state index in [1.165, 1.54) is 19.0 Å². The van der Waals surface area contributed by atoms with E-state index < -0.39 is 0 Å². The number of nitrogens with one attached hydrogen (secondary N) is 1. The van der Waals surface area contributed by atoms with E-state index in [1.54, 1.807) is 12.1 Å². The highest BCUT2D eigenvalue weighted by Crippen LogP contribution is 2.46. The monoisotopic (exact) mass is 281 g/mol. The standard InChI is InChI=1S/C12H15N3OS2/c1-18-12(4-5-12)7-15-11(16)9-3-2-8(6-14-9)10(13)17/h2-3,6H,4-5,7H2,1H3,(H2,13,17)(H,15,16). The molecule has 1 amide bonds. The first-order chi connectivity index (χ1) is 8.56. The van der Waals surface area contributed by atoms with E-state index in [-0.39, 0.29) is 15.6 Å². The van der Waals surface area contributed by atoms with Gasteiger partial charge in [-0.3, -0.25) is 9.78 Å². The second-order valence-electron chi connectivity index (χ2n) is 4.37.